The lowest BCUT2D eigenvalue weighted by molar-refractivity contribution is 0.176. The molecule has 1 atom stereocenters. The van der Waals surface area contributed by atoms with E-state index in [2.05, 4.69) is 86.8 Å². The Morgan fingerprint density at radius 2 is 1.64 bits per heavy atom. The molecule has 6 nitrogen and oxygen atoms in total. The molecule has 1 aliphatic rings. The molecule has 0 fully saturated rings. The average Bonchev–Trinajstić information content (AvgIpc) is 3.13. The third-order valence-corrected chi connectivity index (χ3v) is 11.4. The second-order valence-electron chi connectivity index (χ2n) is 9.90. The third-order valence-electron chi connectivity index (χ3n) is 6.34. The van der Waals surface area contributed by atoms with Crippen LogP contribution in [0, 0.1) is 0 Å². The minimum Gasteiger partial charge on any atom is -0.399 e. The first kappa shape index (κ1) is 23.4. The van der Waals surface area contributed by atoms with Crippen molar-refractivity contribution in [3.05, 3.63) is 78.1 Å². The first-order valence-corrected chi connectivity index (χ1v) is 13.4. The predicted octanol–water partition coefficient (Wildman–Crippen LogP) is 3.52. The van der Waals surface area contributed by atoms with E-state index in [1.807, 2.05) is 6.20 Å². The molecule has 4 rings (SSSR count). The summed E-state index contributed by atoms with van der Waals surface area (Å²) in [5.74, 6) is 0. The van der Waals surface area contributed by atoms with Crippen molar-refractivity contribution < 1.29 is 9.22 Å². The van der Waals surface area contributed by atoms with E-state index in [1.54, 1.807) is 14.1 Å². The Labute approximate surface area is 197 Å². The van der Waals surface area contributed by atoms with E-state index in [0.717, 1.165) is 24.2 Å². The molecule has 7 heteroatoms. The number of fused-ring (bicyclic) bond motifs is 1. The number of hydrogen-bond acceptors (Lipinski definition) is 4. The van der Waals surface area contributed by atoms with E-state index in [-0.39, 0.29) is 17.2 Å². The zero-order chi connectivity index (χ0) is 23.6. The van der Waals surface area contributed by atoms with Gasteiger partial charge in [0.15, 0.2) is 0 Å². The molecule has 1 N–H and O–H groups in total. The highest BCUT2D eigenvalue weighted by Gasteiger charge is 2.52. The number of nitrogens with zero attached hydrogens (tertiary/aromatic N) is 3. The van der Waals surface area contributed by atoms with Crippen molar-refractivity contribution in [2.24, 2.45) is 0 Å². The Morgan fingerprint density at radius 1 is 1.06 bits per heavy atom. The molecule has 0 saturated carbocycles. The van der Waals surface area contributed by atoms with Crippen molar-refractivity contribution in [1.82, 2.24) is 20.0 Å². The number of aromatic nitrogens is 2. The summed E-state index contributed by atoms with van der Waals surface area (Å²) in [7, 11) is 0.740. The van der Waals surface area contributed by atoms with E-state index in [4.69, 9.17) is 9.52 Å². The summed E-state index contributed by atoms with van der Waals surface area (Å²) in [5, 5.41) is 10.6. The molecule has 0 radical (unpaired) electrons. The fraction of sp³-hybridized carbons (Fsp3) is 0.385. The molecule has 1 unspecified atom stereocenters. The molecular weight excluding hydrogens is 428 g/mol. The van der Waals surface area contributed by atoms with Crippen LogP contribution in [0.5, 0.6) is 0 Å². The van der Waals surface area contributed by atoms with Gasteiger partial charge in [0.05, 0.1) is 11.8 Å². The van der Waals surface area contributed by atoms with Gasteiger partial charge in [0.25, 0.3) is 8.32 Å². The summed E-state index contributed by atoms with van der Waals surface area (Å²) in [6, 6.07) is 21.1. The highest BCUT2D eigenvalue weighted by Crippen LogP contribution is 2.41. The van der Waals surface area contributed by atoms with Crippen molar-refractivity contribution in [2.45, 2.75) is 44.9 Å². The molecule has 2 aromatic carbocycles. The van der Waals surface area contributed by atoms with Gasteiger partial charge in [0.1, 0.15) is 0 Å². The Kier molecular flexibility index (Phi) is 6.56. The second-order valence-corrected chi connectivity index (χ2v) is 14.1. The number of rotatable bonds is 4. The molecule has 33 heavy (non-hydrogen) atoms. The Hall–Kier alpha value is -2.74. The summed E-state index contributed by atoms with van der Waals surface area (Å²) in [4.78, 5) is 14.2. The van der Waals surface area contributed by atoms with Gasteiger partial charge in [-0.3, -0.25) is 0 Å². The molecule has 2 heterocycles. The first-order valence-electron chi connectivity index (χ1n) is 11.5. The quantitative estimate of drug-likeness (QED) is 0.603. The minimum absolute atomic E-state index is 0.127. The summed E-state index contributed by atoms with van der Waals surface area (Å²) in [6.45, 7) is 8.35. The Balaban J connectivity index is 1.87. The maximum absolute atomic E-state index is 12.6. The van der Waals surface area contributed by atoms with Crippen LogP contribution in [0.3, 0.4) is 0 Å². The van der Waals surface area contributed by atoms with Crippen molar-refractivity contribution in [1.29, 1.82) is 0 Å². The topological polar surface area (TPSA) is 59.4 Å². The van der Waals surface area contributed by atoms with Gasteiger partial charge in [-0.15, -0.1) is 0 Å². The van der Waals surface area contributed by atoms with E-state index in [0.29, 0.717) is 6.54 Å². The molecule has 1 aliphatic heterocycles. The summed E-state index contributed by atoms with van der Waals surface area (Å²) < 4.78 is 8.82. The first-order chi connectivity index (χ1) is 15.7. The summed E-state index contributed by atoms with van der Waals surface area (Å²) >= 11 is 0. The molecule has 174 valence electrons. The van der Waals surface area contributed by atoms with Crippen LogP contribution in [0.2, 0.25) is 5.04 Å². The third kappa shape index (κ3) is 4.40. The molecular formula is C26H34N4O2Si. The number of carbonyl (C=O) groups is 1. The normalized spacial score (nSPS) is 16.7. The lowest BCUT2D eigenvalue weighted by atomic mass is 10.1. The predicted molar refractivity (Wildman–Crippen MR) is 134 cm³/mol. The molecule has 1 amide bonds. The van der Waals surface area contributed by atoms with Crippen molar-refractivity contribution in [2.75, 3.05) is 20.6 Å². The van der Waals surface area contributed by atoms with Crippen LogP contribution in [0.25, 0.3) is 0 Å². The lowest BCUT2D eigenvalue weighted by Crippen LogP contribution is -2.67. The smallest absolute Gasteiger partial charge is 0.344 e. The number of amides is 1. The Morgan fingerprint density at radius 3 is 2.15 bits per heavy atom. The van der Waals surface area contributed by atoms with Gasteiger partial charge in [0, 0.05) is 32.4 Å². The largest absolute Gasteiger partial charge is 0.399 e. The second kappa shape index (κ2) is 9.25. The van der Waals surface area contributed by atoms with Gasteiger partial charge in [-0.05, 0) is 28.4 Å². The van der Waals surface area contributed by atoms with Gasteiger partial charge in [-0.25, -0.2) is 4.79 Å². The van der Waals surface area contributed by atoms with Gasteiger partial charge >= 0.3 is 6.03 Å². The van der Waals surface area contributed by atoms with Gasteiger partial charge in [-0.1, -0.05) is 81.4 Å². The zero-order valence-electron chi connectivity index (χ0n) is 20.2. The molecule has 0 bridgehead atoms. The molecule has 1 aromatic heterocycles. The van der Waals surface area contributed by atoms with Gasteiger partial charge < -0.3 is 14.6 Å². The fourth-order valence-electron chi connectivity index (χ4n) is 4.75. The van der Waals surface area contributed by atoms with E-state index < -0.39 is 8.32 Å². The molecule has 0 saturated heterocycles. The van der Waals surface area contributed by atoms with Crippen molar-refractivity contribution >= 4 is 24.7 Å². The summed E-state index contributed by atoms with van der Waals surface area (Å²) in [6.07, 6.45) is 2.43. The zero-order valence-corrected chi connectivity index (χ0v) is 21.2. The van der Waals surface area contributed by atoms with E-state index in [9.17, 15) is 4.79 Å². The maximum Gasteiger partial charge on any atom is 0.344 e. The highest BCUT2D eigenvalue weighted by molar-refractivity contribution is 6.99. The number of nitrogens with one attached hydrogen (secondary N) is 1. The van der Waals surface area contributed by atoms with Crippen LogP contribution in [0.1, 0.15) is 44.6 Å². The van der Waals surface area contributed by atoms with Crippen LogP contribution in [0.15, 0.2) is 66.9 Å². The van der Waals surface area contributed by atoms with Gasteiger partial charge in [-0.2, -0.15) is 9.78 Å². The van der Waals surface area contributed by atoms with E-state index >= 15 is 0 Å². The number of carbonyl (C=O) groups excluding carboxylic acids is 1. The van der Waals surface area contributed by atoms with Crippen LogP contribution in [0.4, 0.5) is 4.79 Å². The van der Waals surface area contributed by atoms with Crippen LogP contribution < -0.4 is 15.7 Å². The maximum atomic E-state index is 12.6. The van der Waals surface area contributed by atoms with Crippen LogP contribution in [-0.4, -0.2) is 49.7 Å². The van der Waals surface area contributed by atoms with Gasteiger partial charge in [0.2, 0.25) is 0 Å². The molecule has 0 spiro atoms. The number of hydrogen-bond donors (Lipinski definition) is 1. The number of benzene rings is 2. The summed E-state index contributed by atoms with van der Waals surface area (Å²) in [5.41, 5.74) is 1.88. The van der Waals surface area contributed by atoms with Crippen LogP contribution >= 0.6 is 0 Å². The lowest BCUT2D eigenvalue weighted by Gasteiger charge is -2.45. The van der Waals surface area contributed by atoms with Crippen molar-refractivity contribution in [3.8, 4) is 0 Å². The minimum atomic E-state index is -2.74. The molecule has 3 aromatic rings. The SMILES string of the molecule is CN(C)C(=O)n1cc2c(n1)C(O[Si](c1ccccc1)(c1ccccc1)C(C)(C)C)CCNC2. The van der Waals surface area contributed by atoms with Crippen LogP contribution in [-0.2, 0) is 11.0 Å². The van der Waals surface area contributed by atoms with Crippen molar-refractivity contribution in [3.63, 3.8) is 0 Å². The standard InChI is InChI=1S/C26H34N4O2Si/c1-26(2,3)33(21-12-8-6-9-13-21,22-14-10-7-11-15-22)32-23-16-17-27-18-20-19-30(28-24(20)23)25(31)29(4)5/h6-15,19,23,27H,16-18H2,1-5H3. The highest BCUT2D eigenvalue weighted by atomic mass is 28.4. The average molecular weight is 463 g/mol. The molecule has 0 aliphatic carbocycles. The Bertz CT molecular complexity index is 1050. The van der Waals surface area contributed by atoms with E-state index in [1.165, 1.54) is 20.0 Å². The fourth-order valence-corrected chi connectivity index (χ4v) is 9.42. The monoisotopic (exact) mass is 462 g/mol.